The van der Waals surface area contributed by atoms with Gasteiger partial charge in [0.05, 0.1) is 22.9 Å². The number of furan rings is 1. The fourth-order valence-corrected chi connectivity index (χ4v) is 4.82. The smallest absolute Gasteiger partial charge is 0.335 e. The number of halogens is 1. The zero-order valence-electron chi connectivity index (χ0n) is 18.5. The number of hydrogen-bond donors (Lipinski definition) is 3. The fourth-order valence-electron chi connectivity index (χ4n) is 4.21. The monoisotopic (exact) mass is 563 g/mol. The van der Waals surface area contributed by atoms with Crippen molar-refractivity contribution in [1.82, 2.24) is 10.3 Å². The van der Waals surface area contributed by atoms with Crippen LogP contribution in [0, 0.1) is 0 Å². The van der Waals surface area contributed by atoms with Crippen LogP contribution in [-0.4, -0.2) is 32.2 Å². The molecule has 4 aromatic rings. The highest BCUT2D eigenvalue weighted by Gasteiger charge is 2.42. The first kappa shape index (κ1) is 23.7. The van der Waals surface area contributed by atoms with Crippen LogP contribution in [0.15, 0.2) is 87.9 Å². The van der Waals surface area contributed by atoms with Gasteiger partial charge in [-0.1, -0.05) is 22.0 Å². The summed E-state index contributed by atoms with van der Waals surface area (Å²) in [5, 5.41) is 22.7. The lowest BCUT2D eigenvalue weighted by Gasteiger charge is -2.26. The van der Waals surface area contributed by atoms with Crippen molar-refractivity contribution >= 4 is 50.9 Å². The van der Waals surface area contributed by atoms with Crippen LogP contribution < -0.4 is 10.2 Å². The first-order valence-corrected chi connectivity index (χ1v) is 12.0. The van der Waals surface area contributed by atoms with Gasteiger partial charge in [0.25, 0.3) is 0 Å². The zero-order chi connectivity index (χ0) is 25.4. The maximum atomic E-state index is 11.6. The van der Waals surface area contributed by atoms with E-state index in [9.17, 15) is 19.8 Å². The highest BCUT2D eigenvalue weighted by Crippen LogP contribution is 2.43. The summed E-state index contributed by atoms with van der Waals surface area (Å²) in [6.45, 7) is 0. The molecule has 1 aliphatic heterocycles. The molecule has 8 nitrogen and oxygen atoms in total. The lowest BCUT2D eigenvalue weighted by atomic mass is 10.0. The van der Waals surface area contributed by atoms with Crippen LogP contribution in [0.5, 0.6) is 0 Å². The molecule has 3 heterocycles. The molecule has 1 fully saturated rings. The van der Waals surface area contributed by atoms with E-state index in [1.807, 2.05) is 47.4 Å². The zero-order valence-corrected chi connectivity index (χ0v) is 20.9. The normalized spacial score (nSPS) is 17.1. The lowest BCUT2D eigenvalue weighted by molar-refractivity contribution is 0.0696. The summed E-state index contributed by atoms with van der Waals surface area (Å²) >= 11 is 9.16. The predicted octanol–water partition coefficient (Wildman–Crippen LogP) is 5.68. The number of nitrogens with zero attached hydrogens (tertiary/aromatic N) is 2. The van der Waals surface area contributed by atoms with Crippen molar-refractivity contribution in [2.45, 2.75) is 12.1 Å². The number of carboxylic acids is 2. The standard InChI is InChI=1S/C26H18BrN3O5S/c27-17-4-6-18(7-5-17)30-23(22(29-26(30)36)19-3-1-2-10-28-19)21-9-8-20(35-21)14-11-15(24(31)32)13-16(12-14)25(33)34/h1-13,22-23H,(H,29,36)(H,31,32)(H,33,34). The molecule has 0 spiro atoms. The van der Waals surface area contributed by atoms with Crippen molar-refractivity contribution in [1.29, 1.82) is 0 Å². The maximum Gasteiger partial charge on any atom is 0.335 e. The van der Waals surface area contributed by atoms with E-state index in [2.05, 4.69) is 26.2 Å². The molecule has 0 amide bonds. The number of carboxylic acid groups (broad SMARTS) is 2. The summed E-state index contributed by atoms with van der Waals surface area (Å²) in [7, 11) is 0. The lowest BCUT2D eigenvalue weighted by Crippen LogP contribution is -2.29. The Balaban J connectivity index is 1.61. The molecule has 5 rings (SSSR count). The molecule has 10 heteroatoms. The van der Waals surface area contributed by atoms with Crippen molar-refractivity contribution in [2.75, 3.05) is 4.90 Å². The van der Waals surface area contributed by atoms with Crippen molar-refractivity contribution in [3.8, 4) is 11.3 Å². The van der Waals surface area contributed by atoms with Gasteiger partial charge in [-0.05, 0) is 78.9 Å². The van der Waals surface area contributed by atoms with Crippen molar-refractivity contribution < 1.29 is 24.2 Å². The Morgan fingerprint density at radius 2 is 1.67 bits per heavy atom. The topological polar surface area (TPSA) is 116 Å². The number of thiocarbonyl (C=S) groups is 1. The quantitative estimate of drug-likeness (QED) is 0.255. The van der Waals surface area contributed by atoms with Crippen LogP contribution >= 0.6 is 28.1 Å². The Hall–Kier alpha value is -4.02. The van der Waals surface area contributed by atoms with Gasteiger partial charge in [-0.3, -0.25) is 4.98 Å². The summed E-state index contributed by atoms with van der Waals surface area (Å²) < 4.78 is 7.16. The minimum absolute atomic E-state index is 0.144. The molecule has 36 heavy (non-hydrogen) atoms. The third kappa shape index (κ3) is 4.48. The van der Waals surface area contributed by atoms with Crippen LogP contribution in [0.2, 0.25) is 0 Å². The first-order valence-electron chi connectivity index (χ1n) is 10.8. The molecule has 0 saturated carbocycles. The minimum atomic E-state index is -1.23. The molecular weight excluding hydrogens is 546 g/mol. The van der Waals surface area contributed by atoms with Crippen LogP contribution in [0.1, 0.15) is 44.3 Å². The van der Waals surface area contributed by atoms with Gasteiger partial charge in [0, 0.05) is 21.9 Å². The second-order valence-corrected chi connectivity index (χ2v) is 9.39. The van der Waals surface area contributed by atoms with Gasteiger partial charge in [-0.2, -0.15) is 0 Å². The molecule has 180 valence electrons. The third-order valence-corrected chi connectivity index (χ3v) is 6.68. The Kier molecular flexibility index (Phi) is 6.29. The van der Waals surface area contributed by atoms with E-state index < -0.39 is 18.0 Å². The average molecular weight is 564 g/mol. The molecule has 1 aliphatic rings. The molecule has 2 aromatic heterocycles. The molecule has 1 saturated heterocycles. The molecule has 0 aliphatic carbocycles. The fraction of sp³-hybridized carbons (Fsp3) is 0.0769. The van der Waals surface area contributed by atoms with E-state index >= 15 is 0 Å². The van der Waals surface area contributed by atoms with Gasteiger partial charge < -0.3 is 24.8 Å². The van der Waals surface area contributed by atoms with Gasteiger partial charge in [0.2, 0.25) is 0 Å². The second-order valence-electron chi connectivity index (χ2n) is 8.08. The molecule has 3 N–H and O–H groups in total. The van der Waals surface area contributed by atoms with E-state index in [4.69, 9.17) is 16.6 Å². The van der Waals surface area contributed by atoms with Gasteiger partial charge in [0.15, 0.2) is 5.11 Å². The number of nitrogens with one attached hydrogen (secondary N) is 1. The summed E-state index contributed by atoms with van der Waals surface area (Å²) in [6, 6.07) is 20.0. The number of pyridine rings is 1. The molecule has 0 radical (unpaired) electrons. The summed E-state index contributed by atoms with van der Waals surface area (Å²) in [6.07, 6.45) is 1.71. The summed E-state index contributed by atoms with van der Waals surface area (Å²) in [5.74, 6) is -1.57. The maximum absolute atomic E-state index is 11.6. The number of benzene rings is 2. The van der Waals surface area contributed by atoms with Crippen LogP contribution in [0.4, 0.5) is 5.69 Å². The first-order chi connectivity index (χ1) is 17.3. The predicted molar refractivity (Wildman–Crippen MR) is 140 cm³/mol. The molecule has 2 aromatic carbocycles. The number of carbonyl (C=O) groups is 2. The Morgan fingerprint density at radius 3 is 2.28 bits per heavy atom. The molecule has 0 bridgehead atoms. The van der Waals surface area contributed by atoms with Crippen LogP contribution in [0.25, 0.3) is 11.3 Å². The van der Waals surface area contributed by atoms with E-state index in [0.29, 0.717) is 22.2 Å². The Labute approximate surface area is 219 Å². The van der Waals surface area contributed by atoms with Crippen LogP contribution in [-0.2, 0) is 0 Å². The molecule has 2 unspecified atom stereocenters. The number of aromatic nitrogens is 1. The van der Waals surface area contributed by atoms with Crippen LogP contribution in [0.3, 0.4) is 0 Å². The Bertz CT molecular complexity index is 1440. The van der Waals surface area contributed by atoms with Gasteiger partial charge in [0.1, 0.15) is 17.6 Å². The highest BCUT2D eigenvalue weighted by atomic mass is 79.9. The van der Waals surface area contributed by atoms with E-state index in [1.165, 1.54) is 12.1 Å². The van der Waals surface area contributed by atoms with E-state index in [0.717, 1.165) is 21.9 Å². The molecule has 2 atom stereocenters. The van der Waals surface area contributed by atoms with Gasteiger partial charge in [-0.15, -0.1) is 0 Å². The largest absolute Gasteiger partial charge is 0.478 e. The highest BCUT2D eigenvalue weighted by molar-refractivity contribution is 9.10. The second kappa shape index (κ2) is 9.56. The van der Waals surface area contributed by atoms with Crippen molar-refractivity contribution in [3.05, 3.63) is 106 Å². The number of anilines is 1. The Morgan fingerprint density at radius 1 is 0.972 bits per heavy atom. The summed E-state index contributed by atoms with van der Waals surface area (Å²) in [4.78, 5) is 29.6. The third-order valence-electron chi connectivity index (χ3n) is 5.83. The summed E-state index contributed by atoms with van der Waals surface area (Å²) in [5.41, 5.74) is 1.67. The van der Waals surface area contributed by atoms with Crippen molar-refractivity contribution in [2.24, 2.45) is 0 Å². The van der Waals surface area contributed by atoms with E-state index in [-0.39, 0.29) is 17.2 Å². The number of aromatic carboxylic acids is 2. The SMILES string of the molecule is O=C(O)c1cc(C(=O)O)cc(-c2ccc(C3C(c4ccccn4)NC(=S)N3c3ccc(Br)cc3)o2)c1. The van der Waals surface area contributed by atoms with Gasteiger partial charge >= 0.3 is 11.9 Å². The van der Waals surface area contributed by atoms with E-state index in [1.54, 1.807) is 18.3 Å². The average Bonchev–Trinajstić information content (AvgIpc) is 3.49. The molecular formula is C26H18BrN3O5S. The number of hydrogen-bond acceptors (Lipinski definition) is 5. The minimum Gasteiger partial charge on any atom is -0.478 e. The van der Waals surface area contributed by atoms with Gasteiger partial charge in [-0.25, -0.2) is 9.59 Å². The van der Waals surface area contributed by atoms with Crippen molar-refractivity contribution in [3.63, 3.8) is 0 Å². The number of rotatable bonds is 6.